The maximum absolute atomic E-state index is 13.7. The Morgan fingerprint density at radius 2 is 2.17 bits per heavy atom. The number of likely N-dealkylation sites (tertiary alicyclic amines) is 1. The normalized spacial score (nSPS) is 24.6. The molecule has 4 nitrogen and oxygen atoms in total. The average Bonchev–Trinajstić information content (AvgIpc) is 3.38. The molecule has 1 aliphatic carbocycles. The van der Waals surface area contributed by atoms with Gasteiger partial charge >= 0.3 is 0 Å². The van der Waals surface area contributed by atoms with Crippen LogP contribution in [-0.2, 0) is 11.3 Å². The van der Waals surface area contributed by atoms with E-state index in [1.165, 1.54) is 13.2 Å². The van der Waals surface area contributed by atoms with Gasteiger partial charge in [0.05, 0.1) is 7.11 Å². The number of amides is 1. The molecular formula is C18H25FN2O2. The number of carbonyl (C=O) groups excluding carboxylic acids is 1. The molecule has 2 fully saturated rings. The van der Waals surface area contributed by atoms with E-state index in [1.807, 2.05) is 11.0 Å². The lowest BCUT2D eigenvalue weighted by Crippen LogP contribution is -2.50. The van der Waals surface area contributed by atoms with Crippen LogP contribution >= 0.6 is 0 Å². The van der Waals surface area contributed by atoms with Crippen molar-refractivity contribution in [1.29, 1.82) is 0 Å². The molecule has 1 aromatic carbocycles. The number of rotatable bonds is 5. The number of benzene rings is 1. The monoisotopic (exact) mass is 320 g/mol. The van der Waals surface area contributed by atoms with Gasteiger partial charge in [-0.05, 0) is 42.9 Å². The van der Waals surface area contributed by atoms with E-state index >= 15 is 0 Å². The van der Waals surface area contributed by atoms with Crippen molar-refractivity contribution in [3.63, 3.8) is 0 Å². The van der Waals surface area contributed by atoms with Crippen LogP contribution in [0.2, 0.25) is 0 Å². The van der Waals surface area contributed by atoms with Crippen LogP contribution in [0.25, 0.3) is 0 Å². The Morgan fingerprint density at radius 3 is 2.78 bits per heavy atom. The maximum Gasteiger partial charge on any atom is 0.225 e. The van der Waals surface area contributed by atoms with E-state index in [2.05, 4.69) is 12.2 Å². The van der Waals surface area contributed by atoms with E-state index in [9.17, 15) is 9.18 Å². The fourth-order valence-corrected chi connectivity index (χ4v) is 3.31. The lowest BCUT2D eigenvalue weighted by Gasteiger charge is -2.37. The van der Waals surface area contributed by atoms with Gasteiger partial charge in [-0.2, -0.15) is 0 Å². The van der Waals surface area contributed by atoms with Gasteiger partial charge in [-0.1, -0.05) is 13.0 Å². The summed E-state index contributed by atoms with van der Waals surface area (Å²) in [7, 11) is 1.47. The summed E-state index contributed by atoms with van der Waals surface area (Å²) in [5.74, 6) is 0.995. The first-order valence-corrected chi connectivity index (χ1v) is 8.43. The second-order valence-corrected chi connectivity index (χ2v) is 6.78. The Morgan fingerprint density at radius 1 is 1.39 bits per heavy atom. The zero-order valence-electron chi connectivity index (χ0n) is 13.8. The SMILES string of the molecule is COc1ccc(CN[C@H]2CCN(C(=O)C3CC3)C[C@@H]2C)cc1F. The fraction of sp³-hybridized carbons (Fsp3) is 0.611. The number of ether oxygens (including phenoxy) is 1. The second-order valence-electron chi connectivity index (χ2n) is 6.78. The minimum absolute atomic E-state index is 0.272. The summed E-state index contributed by atoms with van der Waals surface area (Å²) in [6.07, 6.45) is 3.08. The molecule has 1 aromatic rings. The van der Waals surface area contributed by atoms with Gasteiger partial charge in [-0.3, -0.25) is 4.79 Å². The van der Waals surface area contributed by atoms with Crippen molar-refractivity contribution < 1.29 is 13.9 Å². The van der Waals surface area contributed by atoms with Crippen LogP contribution in [0.5, 0.6) is 5.75 Å². The summed E-state index contributed by atoms with van der Waals surface area (Å²) in [6.45, 7) is 4.46. The minimum atomic E-state index is -0.329. The number of nitrogens with one attached hydrogen (secondary N) is 1. The van der Waals surface area contributed by atoms with Gasteiger partial charge in [0.15, 0.2) is 11.6 Å². The molecule has 3 rings (SSSR count). The largest absolute Gasteiger partial charge is 0.494 e. The first kappa shape index (κ1) is 16.2. The van der Waals surface area contributed by atoms with Gasteiger partial charge in [0, 0.05) is 31.6 Å². The van der Waals surface area contributed by atoms with Crippen molar-refractivity contribution >= 4 is 5.91 Å². The van der Waals surface area contributed by atoms with Crippen LogP contribution in [0.3, 0.4) is 0 Å². The molecule has 0 aromatic heterocycles. The zero-order valence-corrected chi connectivity index (χ0v) is 13.8. The number of piperidine rings is 1. The third kappa shape index (κ3) is 3.83. The average molecular weight is 320 g/mol. The van der Waals surface area contributed by atoms with Gasteiger partial charge < -0.3 is 15.0 Å². The van der Waals surface area contributed by atoms with E-state index in [4.69, 9.17) is 4.74 Å². The number of carbonyl (C=O) groups is 1. The lowest BCUT2D eigenvalue weighted by atomic mass is 9.93. The molecule has 1 saturated heterocycles. The molecule has 2 atom stereocenters. The minimum Gasteiger partial charge on any atom is -0.494 e. The van der Waals surface area contributed by atoms with E-state index in [1.54, 1.807) is 6.07 Å². The van der Waals surface area contributed by atoms with Crippen molar-refractivity contribution in [2.45, 2.75) is 38.8 Å². The molecule has 1 heterocycles. The van der Waals surface area contributed by atoms with Crippen molar-refractivity contribution in [3.8, 4) is 5.75 Å². The molecule has 0 radical (unpaired) electrons. The molecule has 0 spiro atoms. The quantitative estimate of drug-likeness (QED) is 0.906. The van der Waals surface area contributed by atoms with Crippen LogP contribution < -0.4 is 10.1 Å². The second kappa shape index (κ2) is 6.87. The van der Waals surface area contributed by atoms with Crippen molar-refractivity contribution in [1.82, 2.24) is 10.2 Å². The molecule has 1 saturated carbocycles. The summed E-state index contributed by atoms with van der Waals surface area (Å²) >= 11 is 0. The van der Waals surface area contributed by atoms with Gasteiger partial charge in [0.2, 0.25) is 5.91 Å². The van der Waals surface area contributed by atoms with Gasteiger partial charge in [-0.15, -0.1) is 0 Å². The number of methoxy groups -OCH3 is 1. The van der Waals surface area contributed by atoms with Crippen LogP contribution in [-0.4, -0.2) is 37.0 Å². The molecule has 1 amide bonds. The molecule has 0 unspecified atom stereocenters. The standard InChI is InChI=1S/C18H25FN2O2/c1-12-11-21(18(22)14-4-5-14)8-7-16(12)20-10-13-3-6-17(23-2)15(19)9-13/h3,6,9,12,14,16,20H,4-5,7-8,10-11H2,1-2H3/t12-,16-/m0/s1. The predicted molar refractivity (Wildman–Crippen MR) is 86.7 cm³/mol. The summed E-state index contributed by atoms with van der Waals surface area (Å²) in [6, 6.07) is 5.42. The maximum atomic E-state index is 13.7. The van der Waals surface area contributed by atoms with Crippen LogP contribution in [0.15, 0.2) is 18.2 Å². The van der Waals surface area contributed by atoms with Crippen LogP contribution in [0.4, 0.5) is 4.39 Å². The van der Waals surface area contributed by atoms with Crippen LogP contribution in [0, 0.1) is 17.7 Å². The Balaban J connectivity index is 1.51. The highest BCUT2D eigenvalue weighted by molar-refractivity contribution is 5.81. The van der Waals surface area contributed by atoms with Gasteiger partial charge in [-0.25, -0.2) is 4.39 Å². The smallest absolute Gasteiger partial charge is 0.225 e. The Hall–Kier alpha value is -1.62. The van der Waals surface area contributed by atoms with Gasteiger partial charge in [0.25, 0.3) is 0 Å². The van der Waals surface area contributed by atoms with Gasteiger partial charge in [0.1, 0.15) is 0 Å². The van der Waals surface area contributed by atoms with Crippen molar-refractivity contribution in [3.05, 3.63) is 29.6 Å². The van der Waals surface area contributed by atoms with E-state index in [0.717, 1.165) is 37.9 Å². The molecule has 1 N–H and O–H groups in total. The molecular weight excluding hydrogens is 295 g/mol. The highest BCUT2D eigenvalue weighted by Crippen LogP contribution is 2.32. The van der Waals surface area contributed by atoms with Crippen LogP contribution in [0.1, 0.15) is 31.7 Å². The topological polar surface area (TPSA) is 41.6 Å². The first-order chi connectivity index (χ1) is 11.1. The van der Waals surface area contributed by atoms with E-state index in [-0.39, 0.29) is 11.6 Å². The summed E-state index contributed by atoms with van der Waals surface area (Å²) in [5.41, 5.74) is 0.909. The van der Waals surface area contributed by atoms with Crippen molar-refractivity contribution in [2.75, 3.05) is 20.2 Å². The number of hydrogen-bond acceptors (Lipinski definition) is 3. The summed E-state index contributed by atoms with van der Waals surface area (Å²) in [5, 5.41) is 3.51. The summed E-state index contributed by atoms with van der Waals surface area (Å²) in [4.78, 5) is 14.2. The lowest BCUT2D eigenvalue weighted by molar-refractivity contribution is -0.134. The fourth-order valence-electron chi connectivity index (χ4n) is 3.31. The molecule has 2 aliphatic rings. The third-order valence-corrected chi connectivity index (χ3v) is 4.93. The highest BCUT2D eigenvalue weighted by atomic mass is 19.1. The first-order valence-electron chi connectivity index (χ1n) is 8.43. The number of hydrogen-bond donors (Lipinski definition) is 1. The summed E-state index contributed by atoms with van der Waals surface area (Å²) < 4.78 is 18.7. The molecule has 23 heavy (non-hydrogen) atoms. The van der Waals surface area contributed by atoms with E-state index < -0.39 is 0 Å². The molecule has 1 aliphatic heterocycles. The zero-order chi connectivity index (χ0) is 16.4. The number of nitrogens with zero attached hydrogens (tertiary/aromatic N) is 1. The Bertz CT molecular complexity index is 574. The van der Waals surface area contributed by atoms with E-state index in [0.29, 0.717) is 30.3 Å². The highest BCUT2D eigenvalue weighted by Gasteiger charge is 2.36. The molecule has 126 valence electrons. The Kier molecular flexibility index (Phi) is 4.85. The van der Waals surface area contributed by atoms with Crippen molar-refractivity contribution in [2.24, 2.45) is 11.8 Å². The third-order valence-electron chi connectivity index (χ3n) is 4.93. The Labute approximate surface area is 137 Å². The number of halogens is 1. The predicted octanol–water partition coefficient (Wildman–Crippen LogP) is 2.57. The molecule has 5 heteroatoms. The molecule has 0 bridgehead atoms.